The fourth-order valence-corrected chi connectivity index (χ4v) is 1.03. The van der Waals surface area contributed by atoms with Crippen LogP contribution in [-0.2, 0) is 9.59 Å². The fraction of sp³-hybridized carbons (Fsp3) is 0.800. The number of carboxylic acid groups (broad SMARTS) is 1. The molecule has 0 aliphatic rings. The first-order chi connectivity index (χ1) is 7.07. The Bertz CT molecular complexity index is 270. The van der Waals surface area contributed by atoms with Crippen molar-refractivity contribution in [2.75, 3.05) is 0 Å². The number of nitrogens with two attached hydrogens (primary N) is 1. The Hall–Kier alpha value is -1.14. The molecule has 0 radical (unpaired) electrons. The number of nitrogens with one attached hydrogen (secondary N) is 1. The van der Waals surface area contributed by atoms with Gasteiger partial charge < -0.3 is 21.3 Å². The second kappa shape index (κ2) is 5.27. The van der Waals surface area contributed by atoms with E-state index >= 15 is 0 Å². The summed E-state index contributed by atoms with van der Waals surface area (Å²) in [6.07, 6.45) is -1.17. The monoisotopic (exact) mass is 232 g/mol. The molecule has 0 fully saturated rings. The first-order valence-corrected chi connectivity index (χ1v) is 5.04. The zero-order chi connectivity index (χ0) is 13.1. The molecular weight excluding hydrogens is 212 g/mol. The van der Waals surface area contributed by atoms with Crippen LogP contribution in [0.5, 0.6) is 0 Å². The van der Waals surface area contributed by atoms with E-state index in [4.69, 9.17) is 10.8 Å². The minimum atomic E-state index is -1.33. The van der Waals surface area contributed by atoms with Gasteiger partial charge >= 0.3 is 5.97 Å². The smallest absolute Gasteiger partial charge is 0.328 e. The Labute approximate surface area is 94.8 Å². The molecule has 5 N–H and O–H groups in total. The first-order valence-electron chi connectivity index (χ1n) is 5.04. The van der Waals surface area contributed by atoms with E-state index < -0.39 is 35.5 Å². The Morgan fingerprint density at radius 1 is 1.31 bits per heavy atom. The van der Waals surface area contributed by atoms with Gasteiger partial charge in [0.1, 0.15) is 0 Å². The van der Waals surface area contributed by atoms with Crippen molar-refractivity contribution in [1.29, 1.82) is 0 Å². The van der Waals surface area contributed by atoms with Crippen molar-refractivity contribution in [2.45, 2.75) is 45.9 Å². The highest BCUT2D eigenvalue weighted by atomic mass is 16.4. The van der Waals surface area contributed by atoms with Crippen LogP contribution in [0.15, 0.2) is 0 Å². The third kappa shape index (κ3) is 4.16. The maximum atomic E-state index is 11.6. The molecule has 0 rings (SSSR count). The molecule has 0 aromatic carbocycles. The number of carbonyl (C=O) groups is 2. The highest BCUT2D eigenvalue weighted by Crippen LogP contribution is 2.17. The van der Waals surface area contributed by atoms with Gasteiger partial charge in [0.15, 0.2) is 6.04 Å². The highest BCUT2D eigenvalue weighted by molar-refractivity contribution is 5.87. The second-order valence-corrected chi connectivity index (χ2v) is 4.91. The molecule has 0 saturated carbocycles. The van der Waals surface area contributed by atoms with Crippen LogP contribution >= 0.6 is 0 Å². The molecule has 6 heteroatoms. The zero-order valence-corrected chi connectivity index (χ0v) is 10.0. The van der Waals surface area contributed by atoms with Crippen LogP contribution in [-0.4, -0.2) is 40.3 Å². The number of hydrogen-bond donors (Lipinski definition) is 4. The number of carboxylic acids is 1. The third-order valence-electron chi connectivity index (χ3n) is 2.26. The van der Waals surface area contributed by atoms with E-state index in [2.05, 4.69) is 5.32 Å². The van der Waals surface area contributed by atoms with Gasteiger partial charge in [0.05, 0.1) is 12.1 Å². The van der Waals surface area contributed by atoms with Crippen LogP contribution in [0.1, 0.15) is 27.7 Å². The van der Waals surface area contributed by atoms with Crippen molar-refractivity contribution < 1.29 is 19.8 Å². The molecule has 1 amide bonds. The van der Waals surface area contributed by atoms with E-state index in [1.165, 1.54) is 6.92 Å². The largest absolute Gasteiger partial charge is 0.480 e. The summed E-state index contributed by atoms with van der Waals surface area (Å²) in [6, 6.07) is -2.16. The van der Waals surface area contributed by atoms with Crippen molar-refractivity contribution in [2.24, 2.45) is 11.1 Å². The van der Waals surface area contributed by atoms with Gasteiger partial charge in [-0.2, -0.15) is 0 Å². The lowest BCUT2D eigenvalue weighted by molar-refractivity contribution is -0.145. The predicted molar refractivity (Wildman–Crippen MR) is 58.7 cm³/mol. The van der Waals surface area contributed by atoms with E-state index in [1.807, 2.05) is 0 Å². The lowest BCUT2D eigenvalue weighted by Crippen LogP contribution is -2.55. The maximum absolute atomic E-state index is 11.6. The molecule has 0 spiro atoms. The van der Waals surface area contributed by atoms with E-state index in [9.17, 15) is 14.7 Å². The number of carbonyl (C=O) groups excluding carboxylic acids is 1. The van der Waals surface area contributed by atoms with E-state index in [0.29, 0.717) is 0 Å². The van der Waals surface area contributed by atoms with Gasteiger partial charge in [0, 0.05) is 0 Å². The van der Waals surface area contributed by atoms with Crippen molar-refractivity contribution in [3.8, 4) is 0 Å². The Balaban J connectivity index is 4.60. The minimum Gasteiger partial charge on any atom is -0.480 e. The van der Waals surface area contributed by atoms with Crippen molar-refractivity contribution in [1.82, 2.24) is 5.32 Å². The lowest BCUT2D eigenvalue weighted by Gasteiger charge is -2.27. The van der Waals surface area contributed by atoms with Gasteiger partial charge in [-0.05, 0) is 12.3 Å². The normalized spacial score (nSPS) is 17.4. The average molecular weight is 232 g/mol. The molecule has 0 aromatic rings. The van der Waals surface area contributed by atoms with Crippen LogP contribution in [0.4, 0.5) is 0 Å². The molecule has 16 heavy (non-hydrogen) atoms. The quantitative estimate of drug-likeness (QED) is 0.512. The van der Waals surface area contributed by atoms with Crippen LogP contribution in [0.3, 0.4) is 0 Å². The lowest BCUT2D eigenvalue weighted by atomic mass is 9.86. The van der Waals surface area contributed by atoms with Gasteiger partial charge in [-0.3, -0.25) is 4.79 Å². The SMILES string of the molecule is C[C@@H](O)[C@H](NC(=O)[C@@H](N)C(C)(C)C)C(=O)O. The van der Waals surface area contributed by atoms with Crippen LogP contribution in [0.2, 0.25) is 0 Å². The van der Waals surface area contributed by atoms with E-state index in [-0.39, 0.29) is 0 Å². The average Bonchev–Trinajstić information content (AvgIpc) is 2.09. The van der Waals surface area contributed by atoms with Crippen LogP contribution in [0.25, 0.3) is 0 Å². The third-order valence-corrected chi connectivity index (χ3v) is 2.26. The van der Waals surface area contributed by atoms with Crippen molar-refractivity contribution >= 4 is 11.9 Å². The minimum absolute atomic E-state index is 0.466. The number of rotatable bonds is 4. The number of amides is 1. The summed E-state index contributed by atoms with van der Waals surface area (Å²) in [6.45, 7) is 6.61. The Kier molecular flexibility index (Phi) is 4.89. The van der Waals surface area contributed by atoms with Gasteiger partial charge in [-0.15, -0.1) is 0 Å². The molecule has 0 heterocycles. The van der Waals surface area contributed by atoms with E-state index in [0.717, 1.165) is 0 Å². The molecule has 0 unspecified atom stereocenters. The molecule has 0 aliphatic heterocycles. The fourth-order valence-electron chi connectivity index (χ4n) is 1.03. The van der Waals surface area contributed by atoms with E-state index in [1.54, 1.807) is 20.8 Å². The molecular formula is C10H20N2O4. The van der Waals surface area contributed by atoms with Gasteiger partial charge in [-0.1, -0.05) is 20.8 Å². The number of hydrogen-bond acceptors (Lipinski definition) is 4. The van der Waals surface area contributed by atoms with Gasteiger partial charge in [0.25, 0.3) is 0 Å². The van der Waals surface area contributed by atoms with Gasteiger partial charge in [0.2, 0.25) is 5.91 Å². The van der Waals surface area contributed by atoms with Gasteiger partial charge in [-0.25, -0.2) is 4.79 Å². The number of aliphatic hydroxyl groups is 1. The molecule has 0 aromatic heterocycles. The highest BCUT2D eigenvalue weighted by Gasteiger charge is 2.32. The molecule has 0 aliphatic carbocycles. The van der Waals surface area contributed by atoms with Crippen LogP contribution in [0, 0.1) is 5.41 Å². The molecule has 6 nitrogen and oxygen atoms in total. The summed E-state index contributed by atoms with van der Waals surface area (Å²) in [7, 11) is 0. The zero-order valence-electron chi connectivity index (χ0n) is 10.0. The first kappa shape index (κ1) is 14.9. The topological polar surface area (TPSA) is 113 Å². The summed E-state index contributed by atoms with van der Waals surface area (Å²) in [4.78, 5) is 22.3. The van der Waals surface area contributed by atoms with Crippen molar-refractivity contribution in [3.63, 3.8) is 0 Å². The molecule has 0 saturated heterocycles. The second-order valence-electron chi connectivity index (χ2n) is 4.91. The summed E-state index contributed by atoms with van der Waals surface area (Å²) in [5.41, 5.74) is 5.19. The standard InChI is InChI=1S/C10H20N2O4/c1-5(13)6(9(15)16)12-8(14)7(11)10(2,3)4/h5-7,13H,11H2,1-4H3,(H,12,14)(H,15,16)/t5-,6+,7-/m1/s1. The summed E-state index contributed by atoms with van der Waals surface area (Å²) < 4.78 is 0. The predicted octanol–water partition coefficient (Wildman–Crippen LogP) is -0.690. The Morgan fingerprint density at radius 3 is 2.00 bits per heavy atom. The molecule has 94 valence electrons. The number of aliphatic carboxylic acids is 1. The summed E-state index contributed by atoms with van der Waals surface area (Å²) in [5, 5.41) is 20.1. The molecule has 0 bridgehead atoms. The molecule has 3 atom stereocenters. The maximum Gasteiger partial charge on any atom is 0.328 e. The van der Waals surface area contributed by atoms with Crippen molar-refractivity contribution in [3.05, 3.63) is 0 Å². The summed E-state index contributed by atoms with van der Waals surface area (Å²) >= 11 is 0. The number of aliphatic hydroxyl groups excluding tert-OH is 1. The van der Waals surface area contributed by atoms with Crippen LogP contribution < -0.4 is 11.1 Å². The Morgan fingerprint density at radius 2 is 1.75 bits per heavy atom. The summed E-state index contributed by atoms with van der Waals surface area (Å²) in [5.74, 6) is -1.87.